The average Bonchev–Trinajstić information content (AvgIpc) is 3.25. The average molecular weight is 403 g/mol. The molecule has 0 saturated heterocycles. The number of para-hydroxylation sites is 1. The van der Waals surface area contributed by atoms with Crippen LogP contribution in [-0.4, -0.2) is 23.2 Å². The van der Waals surface area contributed by atoms with E-state index >= 15 is 0 Å². The minimum atomic E-state index is -1.09. The molecule has 1 fully saturated rings. The van der Waals surface area contributed by atoms with Crippen LogP contribution in [0.3, 0.4) is 0 Å². The second-order valence-electron chi connectivity index (χ2n) is 8.22. The number of pyridine rings is 1. The van der Waals surface area contributed by atoms with Gasteiger partial charge >= 0.3 is 5.97 Å². The Bertz CT molecular complexity index is 1090. The van der Waals surface area contributed by atoms with Crippen molar-refractivity contribution >= 4 is 5.97 Å². The molecule has 5 nitrogen and oxygen atoms in total. The lowest BCUT2D eigenvalue weighted by Crippen LogP contribution is -2.27. The van der Waals surface area contributed by atoms with E-state index in [2.05, 4.69) is 4.98 Å². The SMILES string of the molecule is COc1ccc([C@H]2C(C)(C)[C@@]2(C(=O)O)c2cccnc2C)c(Oc2ccccc2)c1. The predicted molar refractivity (Wildman–Crippen MR) is 114 cm³/mol. The first-order chi connectivity index (χ1) is 14.3. The van der Waals surface area contributed by atoms with E-state index in [-0.39, 0.29) is 5.92 Å². The zero-order chi connectivity index (χ0) is 21.5. The molecule has 1 aliphatic rings. The fourth-order valence-corrected chi connectivity index (χ4v) is 4.89. The first kappa shape index (κ1) is 20.0. The van der Waals surface area contributed by atoms with E-state index in [1.54, 1.807) is 19.4 Å². The second-order valence-corrected chi connectivity index (χ2v) is 8.22. The standard InChI is InChI=1S/C25H25NO4/c1-16-20(11-8-14-26-16)25(23(27)28)22(24(25,2)3)19-13-12-18(29-4)15-21(19)30-17-9-6-5-7-10-17/h5-15,22H,1-4H3,(H,27,28)/t22-,25-/m0/s1. The number of ether oxygens (including phenoxy) is 2. The van der Waals surface area contributed by atoms with Gasteiger partial charge in [0, 0.05) is 29.4 Å². The maximum absolute atomic E-state index is 12.7. The van der Waals surface area contributed by atoms with E-state index < -0.39 is 16.8 Å². The van der Waals surface area contributed by atoms with Gasteiger partial charge < -0.3 is 14.6 Å². The minimum absolute atomic E-state index is 0.282. The molecule has 0 spiro atoms. The summed E-state index contributed by atoms with van der Waals surface area (Å²) < 4.78 is 11.6. The number of nitrogens with zero attached hydrogens (tertiary/aromatic N) is 1. The van der Waals surface area contributed by atoms with E-state index in [0.29, 0.717) is 17.2 Å². The number of aliphatic carboxylic acids is 1. The van der Waals surface area contributed by atoms with E-state index in [1.165, 1.54) is 0 Å². The highest BCUT2D eigenvalue weighted by atomic mass is 16.5. The normalized spacial score (nSPS) is 21.7. The molecule has 0 radical (unpaired) electrons. The smallest absolute Gasteiger partial charge is 0.315 e. The molecule has 0 bridgehead atoms. The molecule has 1 heterocycles. The van der Waals surface area contributed by atoms with Crippen molar-refractivity contribution in [1.82, 2.24) is 4.98 Å². The van der Waals surface area contributed by atoms with Gasteiger partial charge in [-0.1, -0.05) is 44.2 Å². The van der Waals surface area contributed by atoms with Gasteiger partial charge in [0.05, 0.1) is 7.11 Å². The Morgan fingerprint density at radius 1 is 1.03 bits per heavy atom. The Morgan fingerprint density at radius 3 is 2.40 bits per heavy atom. The molecule has 1 saturated carbocycles. The van der Waals surface area contributed by atoms with Crippen LogP contribution in [0.5, 0.6) is 17.2 Å². The highest BCUT2D eigenvalue weighted by Gasteiger charge is 2.78. The first-order valence-corrected chi connectivity index (χ1v) is 9.90. The number of methoxy groups -OCH3 is 1. The Kier molecular flexibility index (Phi) is 4.77. The molecule has 1 aliphatic carbocycles. The molecule has 154 valence electrons. The lowest BCUT2D eigenvalue weighted by Gasteiger charge is -2.18. The summed E-state index contributed by atoms with van der Waals surface area (Å²) in [4.78, 5) is 17.1. The van der Waals surface area contributed by atoms with Gasteiger partial charge in [0.1, 0.15) is 22.7 Å². The number of carbonyl (C=O) groups is 1. The summed E-state index contributed by atoms with van der Waals surface area (Å²) in [5, 5.41) is 10.4. The lowest BCUT2D eigenvalue weighted by molar-refractivity contribution is -0.141. The second kappa shape index (κ2) is 7.17. The van der Waals surface area contributed by atoms with Crippen LogP contribution in [0.1, 0.15) is 36.6 Å². The molecule has 5 heteroatoms. The minimum Gasteiger partial charge on any atom is -0.497 e. The summed E-state index contributed by atoms with van der Waals surface area (Å²) in [6.45, 7) is 5.85. The lowest BCUT2D eigenvalue weighted by atomic mass is 9.86. The molecule has 2 aromatic carbocycles. The van der Waals surface area contributed by atoms with Crippen molar-refractivity contribution in [2.75, 3.05) is 7.11 Å². The zero-order valence-corrected chi connectivity index (χ0v) is 17.5. The van der Waals surface area contributed by atoms with Crippen LogP contribution in [-0.2, 0) is 10.2 Å². The van der Waals surface area contributed by atoms with Crippen molar-refractivity contribution in [2.45, 2.75) is 32.1 Å². The van der Waals surface area contributed by atoms with Crippen molar-refractivity contribution in [3.63, 3.8) is 0 Å². The molecule has 3 aromatic rings. The molecule has 0 amide bonds. The third-order valence-electron chi connectivity index (χ3n) is 6.36. The van der Waals surface area contributed by atoms with Crippen molar-refractivity contribution < 1.29 is 19.4 Å². The van der Waals surface area contributed by atoms with E-state index in [9.17, 15) is 9.90 Å². The summed E-state index contributed by atoms with van der Waals surface area (Å²) in [6.07, 6.45) is 1.69. The molecular weight excluding hydrogens is 378 g/mol. The van der Waals surface area contributed by atoms with E-state index in [1.807, 2.05) is 75.4 Å². The quantitative estimate of drug-likeness (QED) is 0.602. The molecule has 4 rings (SSSR count). The molecular formula is C25H25NO4. The third-order valence-corrected chi connectivity index (χ3v) is 6.36. The Labute approximate surface area is 176 Å². The number of hydrogen-bond acceptors (Lipinski definition) is 4. The van der Waals surface area contributed by atoms with Crippen molar-refractivity contribution in [2.24, 2.45) is 5.41 Å². The van der Waals surface area contributed by atoms with Gasteiger partial charge in [-0.3, -0.25) is 9.78 Å². The topological polar surface area (TPSA) is 68.7 Å². The zero-order valence-electron chi connectivity index (χ0n) is 17.5. The van der Waals surface area contributed by atoms with Crippen molar-refractivity contribution in [3.8, 4) is 17.2 Å². The molecule has 30 heavy (non-hydrogen) atoms. The number of aromatic nitrogens is 1. The van der Waals surface area contributed by atoms with Crippen LogP contribution in [0.15, 0.2) is 66.9 Å². The highest BCUT2D eigenvalue weighted by Crippen LogP contribution is 2.75. The summed E-state index contributed by atoms with van der Waals surface area (Å²) >= 11 is 0. The van der Waals surface area contributed by atoms with Crippen molar-refractivity contribution in [3.05, 3.63) is 83.7 Å². The van der Waals surface area contributed by atoms with Gasteiger partial charge in [-0.15, -0.1) is 0 Å². The Hall–Kier alpha value is -3.34. The number of rotatable bonds is 6. The fourth-order valence-electron chi connectivity index (χ4n) is 4.89. The maximum atomic E-state index is 12.7. The van der Waals surface area contributed by atoms with Gasteiger partial charge in [0.2, 0.25) is 0 Å². The molecule has 1 N–H and O–H groups in total. The largest absolute Gasteiger partial charge is 0.497 e. The van der Waals surface area contributed by atoms with Crippen LogP contribution < -0.4 is 9.47 Å². The van der Waals surface area contributed by atoms with Crippen LogP contribution in [0.4, 0.5) is 0 Å². The van der Waals surface area contributed by atoms with E-state index in [0.717, 1.165) is 16.8 Å². The molecule has 2 atom stereocenters. The van der Waals surface area contributed by atoms with Crippen LogP contribution in [0.2, 0.25) is 0 Å². The fraction of sp³-hybridized carbons (Fsp3) is 0.280. The molecule has 1 aromatic heterocycles. The summed E-state index contributed by atoms with van der Waals surface area (Å²) in [5.74, 6) is 0.805. The maximum Gasteiger partial charge on any atom is 0.315 e. The number of hydrogen-bond donors (Lipinski definition) is 1. The van der Waals surface area contributed by atoms with Gasteiger partial charge in [-0.25, -0.2) is 0 Å². The number of carboxylic acids is 1. The third kappa shape index (κ3) is 2.84. The van der Waals surface area contributed by atoms with Crippen LogP contribution >= 0.6 is 0 Å². The predicted octanol–water partition coefficient (Wildman–Crippen LogP) is 5.34. The molecule has 0 unspecified atom stereocenters. The van der Waals surface area contributed by atoms with Gasteiger partial charge in [0.25, 0.3) is 0 Å². The summed E-state index contributed by atoms with van der Waals surface area (Å²) in [5.41, 5.74) is 0.698. The van der Waals surface area contributed by atoms with Crippen LogP contribution in [0, 0.1) is 12.3 Å². The van der Waals surface area contributed by atoms with Crippen LogP contribution in [0.25, 0.3) is 0 Å². The monoisotopic (exact) mass is 403 g/mol. The summed E-state index contributed by atoms with van der Waals surface area (Å²) in [7, 11) is 1.60. The van der Waals surface area contributed by atoms with Gasteiger partial charge in [-0.2, -0.15) is 0 Å². The van der Waals surface area contributed by atoms with Gasteiger partial charge in [0.15, 0.2) is 0 Å². The summed E-state index contributed by atoms with van der Waals surface area (Å²) in [6, 6.07) is 18.7. The Balaban J connectivity index is 1.87. The number of benzene rings is 2. The Morgan fingerprint density at radius 2 is 1.77 bits per heavy atom. The number of aryl methyl sites for hydroxylation is 1. The first-order valence-electron chi connectivity index (χ1n) is 9.90. The number of carboxylic acid groups (broad SMARTS) is 1. The van der Waals surface area contributed by atoms with E-state index in [4.69, 9.17) is 9.47 Å². The van der Waals surface area contributed by atoms with Crippen molar-refractivity contribution in [1.29, 1.82) is 0 Å². The molecule has 0 aliphatic heterocycles. The van der Waals surface area contributed by atoms with Gasteiger partial charge in [-0.05, 0) is 42.2 Å². The highest BCUT2D eigenvalue weighted by molar-refractivity contribution is 5.91.